The summed E-state index contributed by atoms with van der Waals surface area (Å²) in [5.74, 6) is 8.30. The molecule has 0 atom stereocenters. The zero-order valence-corrected chi connectivity index (χ0v) is 14.0. The van der Waals surface area contributed by atoms with Crippen molar-refractivity contribution in [3.05, 3.63) is 29.2 Å². The Morgan fingerprint density at radius 2 is 2.13 bits per heavy atom. The Labute approximate surface area is 137 Å². The van der Waals surface area contributed by atoms with E-state index in [2.05, 4.69) is 32.4 Å². The Morgan fingerprint density at radius 3 is 2.83 bits per heavy atom. The molecule has 3 heterocycles. The summed E-state index contributed by atoms with van der Waals surface area (Å²) in [5.41, 5.74) is 1.84. The topological polar surface area (TPSA) is 113 Å². The maximum atomic E-state index is 6.07. The highest BCUT2D eigenvalue weighted by Crippen LogP contribution is 2.21. The first kappa shape index (κ1) is 15.5. The fraction of sp³-hybridized carbons (Fsp3) is 0.462. The molecule has 10 heteroatoms. The largest absolute Gasteiger partial charge is 0.338 e. The summed E-state index contributed by atoms with van der Waals surface area (Å²) < 4.78 is 8.27. The van der Waals surface area contributed by atoms with E-state index in [4.69, 9.17) is 10.4 Å². The van der Waals surface area contributed by atoms with Crippen LogP contribution in [0.5, 0.6) is 0 Å². The fourth-order valence-electron chi connectivity index (χ4n) is 2.14. The molecule has 0 spiro atoms. The highest BCUT2D eigenvalue weighted by molar-refractivity contribution is 7.98. The minimum absolute atomic E-state index is 0.468. The average Bonchev–Trinajstić information content (AvgIpc) is 3.18. The van der Waals surface area contributed by atoms with E-state index in [1.54, 1.807) is 4.68 Å². The van der Waals surface area contributed by atoms with E-state index in [9.17, 15) is 0 Å². The lowest BCUT2D eigenvalue weighted by molar-refractivity contribution is 0.384. The molecule has 3 rings (SSSR count). The van der Waals surface area contributed by atoms with E-state index in [0.717, 1.165) is 30.1 Å². The van der Waals surface area contributed by atoms with Gasteiger partial charge in [0.2, 0.25) is 11.0 Å². The maximum absolute atomic E-state index is 6.07. The smallest absolute Gasteiger partial charge is 0.271 e. The van der Waals surface area contributed by atoms with E-state index in [0.29, 0.717) is 22.7 Å². The number of rotatable bonds is 6. The lowest BCUT2D eigenvalue weighted by Crippen LogP contribution is -2.17. The van der Waals surface area contributed by atoms with Crippen LogP contribution in [0.25, 0.3) is 5.95 Å². The van der Waals surface area contributed by atoms with Gasteiger partial charge in [0, 0.05) is 12.1 Å². The molecule has 3 aromatic heterocycles. The van der Waals surface area contributed by atoms with Crippen molar-refractivity contribution in [2.75, 3.05) is 5.84 Å². The molecule has 3 aromatic rings. The second kappa shape index (κ2) is 6.41. The molecular weight excluding hydrogens is 316 g/mol. The first-order chi connectivity index (χ1) is 11.1. The summed E-state index contributed by atoms with van der Waals surface area (Å²) >= 11 is 1.39. The summed E-state index contributed by atoms with van der Waals surface area (Å²) in [7, 11) is 0. The van der Waals surface area contributed by atoms with Gasteiger partial charge in [-0.1, -0.05) is 23.8 Å². The van der Waals surface area contributed by atoms with Gasteiger partial charge in [0.1, 0.15) is 0 Å². The minimum atomic E-state index is 0.468. The minimum Gasteiger partial charge on any atom is -0.338 e. The molecule has 0 aliphatic carbocycles. The van der Waals surface area contributed by atoms with Crippen LogP contribution in [-0.4, -0.2) is 34.8 Å². The molecule has 122 valence electrons. The third-order valence-electron chi connectivity index (χ3n) is 3.15. The van der Waals surface area contributed by atoms with Gasteiger partial charge in [-0.3, -0.25) is 0 Å². The quantitative estimate of drug-likeness (QED) is 0.532. The van der Waals surface area contributed by atoms with Crippen LogP contribution in [0.3, 0.4) is 0 Å². The van der Waals surface area contributed by atoms with Crippen LogP contribution in [0.1, 0.15) is 36.4 Å². The molecule has 0 unspecified atom stereocenters. The summed E-state index contributed by atoms with van der Waals surface area (Å²) in [5, 5.41) is 17.0. The van der Waals surface area contributed by atoms with Crippen molar-refractivity contribution < 1.29 is 4.52 Å². The highest BCUT2D eigenvalue weighted by Gasteiger charge is 2.16. The SMILES string of the molecule is CCCc1noc(CSc2nnc(-n3nc(C)cc3C)n2N)n1. The predicted octanol–water partition coefficient (Wildman–Crippen LogP) is 1.42. The van der Waals surface area contributed by atoms with Gasteiger partial charge in [-0.2, -0.15) is 10.1 Å². The Kier molecular flexibility index (Phi) is 4.33. The lowest BCUT2D eigenvalue weighted by Gasteiger charge is -2.03. The zero-order chi connectivity index (χ0) is 16.4. The van der Waals surface area contributed by atoms with Crippen LogP contribution >= 0.6 is 11.8 Å². The third-order valence-corrected chi connectivity index (χ3v) is 4.08. The molecule has 0 aliphatic heterocycles. The summed E-state index contributed by atoms with van der Waals surface area (Å²) in [6, 6.07) is 1.95. The molecule has 0 amide bonds. The van der Waals surface area contributed by atoms with Crippen molar-refractivity contribution in [3.63, 3.8) is 0 Å². The molecule has 2 N–H and O–H groups in total. The summed E-state index contributed by atoms with van der Waals surface area (Å²) in [6.45, 7) is 5.93. The first-order valence-corrected chi connectivity index (χ1v) is 8.25. The standard InChI is InChI=1S/C13H18N8OS/c1-4-5-10-15-11(22-19-10)7-23-13-17-16-12(20(13)14)21-9(3)6-8(2)18-21/h6H,4-5,7,14H2,1-3H3. The normalized spacial score (nSPS) is 11.3. The highest BCUT2D eigenvalue weighted by atomic mass is 32.2. The number of aryl methyl sites for hydroxylation is 3. The average molecular weight is 334 g/mol. The van der Waals surface area contributed by atoms with Gasteiger partial charge in [0.05, 0.1) is 11.4 Å². The number of nitrogen functional groups attached to an aromatic ring is 1. The van der Waals surface area contributed by atoms with Crippen molar-refractivity contribution in [2.45, 2.75) is 44.5 Å². The monoisotopic (exact) mass is 334 g/mol. The molecule has 0 radical (unpaired) electrons. The van der Waals surface area contributed by atoms with Crippen molar-refractivity contribution in [3.8, 4) is 5.95 Å². The Balaban J connectivity index is 1.73. The van der Waals surface area contributed by atoms with Gasteiger partial charge in [-0.15, -0.1) is 10.2 Å². The first-order valence-electron chi connectivity index (χ1n) is 7.27. The number of nitrogens with two attached hydrogens (primary N) is 1. The summed E-state index contributed by atoms with van der Waals surface area (Å²) in [6.07, 6.45) is 1.79. The molecule has 9 nitrogen and oxygen atoms in total. The summed E-state index contributed by atoms with van der Waals surface area (Å²) in [4.78, 5) is 4.31. The van der Waals surface area contributed by atoms with E-state index in [-0.39, 0.29) is 0 Å². The molecule has 0 fully saturated rings. The van der Waals surface area contributed by atoms with E-state index < -0.39 is 0 Å². The fourth-order valence-corrected chi connectivity index (χ4v) is 2.83. The Hall–Kier alpha value is -2.36. The van der Waals surface area contributed by atoms with Crippen molar-refractivity contribution >= 4 is 11.8 Å². The molecule has 0 bridgehead atoms. The molecular formula is C13H18N8OS. The van der Waals surface area contributed by atoms with Gasteiger partial charge in [-0.25, -0.2) is 9.36 Å². The lowest BCUT2D eigenvalue weighted by atomic mass is 10.3. The van der Waals surface area contributed by atoms with Crippen molar-refractivity contribution in [2.24, 2.45) is 0 Å². The van der Waals surface area contributed by atoms with Crippen LogP contribution in [0.4, 0.5) is 0 Å². The van der Waals surface area contributed by atoms with Gasteiger partial charge >= 0.3 is 0 Å². The van der Waals surface area contributed by atoms with Crippen molar-refractivity contribution in [1.82, 2.24) is 34.8 Å². The van der Waals surface area contributed by atoms with Crippen LogP contribution in [0.15, 0.2) is 15.7 Å². The van der Waals surface area contributed by atoms with Gasteiger partial charge in [-0.05, 0) is 26.3 Å². The van der Waals surface area contributed by atoms with Crippen LogP contribution < -0.4 is 5.84 Å². The van der Waals surface area contributed by atoms with Gasteiger partial charge in [0.15, 0.2) is 5.82 Å². The predicted molar refractivity (Wildman–Crippen MR) is 84.6 cm³/mol. The third kappa shape index (κ3) is 3.21. The molecule has 0 saturated carbocycles. The van der Waals surface area contributed by atoms with Crippen LogP contribution in [-0.2, 0) is 12.2 Å². The number of hydrogen-bond donors (Lipinski definition) is 1. The van der Waals surface area contributed by atoms with Gasteiger partial charge < -0.3 is 10.4 Å². The molecule has 0 saturated heterocycles. The van der Waals surface area contributed by atoms with E-state index in [1.807, 2.05) is 19.9 Å². The second-order valence-electron chi connectivity index (χ2n) is 5.13. The number of aromatic nitrogens is 7. The molecule has 23 heavy (non-hydrogen) atoms. The Morgan fingerprint density at radius 1 is 1.30 bits per heavy atom. The Bertz CT molecular complexity index is 805. The maximum Gasteiger partial charge on any atom is 0.271 e. The van der Waals surface area contributed by atoms with E-state index in [1.165, 1.54) is 16.4 Å². The number of hydrogen-bond acceptors (Lipinski definition) is 8. The van der Waals surface area contributed by atoms with Gasteiger partial charge in [0.25, 0.3) is 5.95 Å². The molecule has 0 aliphatic rings. The van der Waals surface area contributed by atoms with Crippen molar-refractivity contribution in [1.29, 1.82) is 0 Å². The van der Waals surface area contributed by atoms with E-state index >= 15 is 0 Å². The number of nitrogens with zero attached hydrogens (tertiary/aromatic N) is 7. The van der Waals surface area contributed by atoms with Crippen LogP contribution in [0, 0.1) is 13.8 Å². The number of thioether (sulfide) groups is 1. The van der Waals surface area contributed by atoms with Crippen LogP contribution in [0.2, 0.25) is 0 Å². The zero-order valence-electron chi connectivity index (χ0n) is 13.2. The molecule has 0 aromatic carbocycles. The second-order valence-corrected chi connectivity index (χ2v) is 6.08.